The van der Waals surface area contributed by atoms with Crippen molar-refractivity contribution in [2.45, 2.75) is 31.2 Å². The summed E-state index contributed by atoms with van der Waals surface area (Å²) in [5.41, 5.74) is 7.34. The maximum Gasteiger partial charge on any atom is 0.260 e. The number of likely N-dealkylation sites (tertiary alicyclic amines) is 2. The van der Waals surface area contributed by atoms with Gasteiger partial charge in [-0.1, -0.05) is 0 Å². The molecule has 146 valence electrons. The molecule has 7 nitrogen and oxygen atoms in total. The van der Waals surface area contributed by atoms with E-state index in [1.807, 2.05) is 0 Å². The van der Waals surface area contributed by atoms with Gasteiger partial charge in [-0.25, -0.2) is 13.2 Å². The summed E-state index contributed by atoms with van der Waals surface area (Å²) >= 11 is 0. The lowest BCUT2D eigenvalue weighted by Gasteiger charge is -2.44. The first-order valence-corrected chi connectivity index (χ1v) is 8.51. The summed E-state index contributed by atoms with van der Waals surface area (Å²) in [6.07, 6.45) is 1.47. The number of rotatable bonds is 3. The number of nitrogens with zero attached hydrogens (tertiary/aromatic N) is 2. The normalized spacial score (nSPS) is 22.6. The summed E-state index contributed by atoms with van der Waals surface area (Å²) in [7, 11) is 0. The number of amides is 3. The van der Waals surface area contributed by atoms with E-state index in [1.54, 1.807) is 0 Å². The first kappa shape index (κ1) is 19.0. The van der Waals surface area contributed by atoms with Crippen molar-refractivity contribution in [2.24, 2.45) is 5.73 Å². The van der Waals surface area contributed by atoms with E-state index in [-0.39, 0.29) is 25.9 Å². The zero-order valence-corrected chi connectivity index (χ0v) is 14.4. The fourth-order valence-corrected chi connectivity index (χ4v) is 4.01. The van der Waals surface area contributed by atoms with Crippen LogP contribution < -0.4 is 11.5 Å². The van der Waals surface area contributed by atoms with Crippen molar-refractivity contribution < 1.29 is 27.6 Å². The Bertz CT molecular complexity index is 806. The second-order valence-corrected chi connectivity index (χ2v) is 6.84. The Morgan fingerprint density at radius 1 is 1.11 bits per heavy atom. The van der Waals surface area contributed by atoms with Crippen LogP contribution in [0.25, 0.3) is 0 Å². The van der Waals surface area contributed by atoms with E-state index < -0.39 is 52.0 Å². The number of benzene rings is 1. The molecular weight excluding hydrogens is 365 g/mol. The zero-order chi connectivity index (χ0) is 19.9. The van der Waals surface area contributed by atoms with Crippen molar-refractivity contribution in [3.8, 4) is 0 Å². The van der Waals surface area contributed by atoms with Crippen LogP contribution in [0.3, 0.4) is 0 Å². The summed E-state index contributed by atoms with van der Waals surface area (Å²) < 4.78 is 42.1. The second kappa shape index (κ2) is 6.75. The Morgan fingerprint density at radius 3 is 2.37 bits per heavy atom. The van der Waals surface area contributed by atoms with Crippen LogP contribution in [0.2, 0.25) is 0 Å². The van der Waals surface area contributed by atoms with Crippen LogP contribution in [0.1, 0.15) is 36.0 Å². The molecule has 0 bridgehead atoms. The molecule has 1 aromatic rings. The van der Waals surface area contributed by atoms with Crippen molar-refractivity contribution >= 4 is 23.4 Å². The molecule has 2 saturated heterocycles. The highest BCUT2D eigenvalue weighted by molar-refractivity contribution is 6.01. The van der Waals surface area contributed by atoms with Gasteiger partial charge < -0.3 is 21.3 Å². The molecular formula is C17H19F3N4O3. The smallest absolute Gasteiger partial charge is 0.260 e. The number of piperidine rings is 1. The number of carbonyl (C=O) groups is 3. The summed E-state index contributed by atoms with van der Waals surface area (Å²) in [6, 6.07) is 0.460. The monoisotopic (exact) mass is 384 g/mol. The number of primary amides is 1. The van der Waals surface area contributed by atoms with E-state index in [9.17, 15) is 27.6 Å². The third-order valence-electron chi connectivity index (χ3n) is 5.18. The van der Waals surface area contributed by atoms with E-state index in [2.05, 4.69) is 0 Å². The van der Waals surface area contributed by atoms with Crippen LogP contribution in [0.5, 0.6) is 0 Å². The maximum atomic E-state index is 14.3. The first-order valence-electron chi connectivity index (χ1n) is 8.51. The van der Waals surface area contributed by atoms with Crippen LogP contribution in [0.4, 0.5) is 18.9 Å². The standard InChI is InChI=1S/C17H19F3N4O3/c18-9-7-10(21)14(20)12(13(9)19)15(26)24-6-2-4-17(24)3-1-5-23(16(17)27)8-11(22)25/h7H,1-6,8,21H2,(H2,22,25)/t17-/m0/s1. The molecule has 10 heteroatoms. The van der Waals surface area contributed by atoms with Gasteiger partial charge in [0.05, 0.1) is 12.2 Å². The molecule has 4 N–H and O–H groups in total. The molecule has 27 heavy (non-hydrogen) atoms. The molecule has 2 aliphatic heterocycles. The highest BCUT2D eigenvalue weighted by atomic mass is 19.2. The molecule has 0 aromatic heterocycles. The molecule has 2 aliphatic rings. The lowest BCUT2D eigenvalue weighted by molar-refractivity contribution is -0.148. The molecule has 1 spiro atoms. The van der Waals surface area contributed by atoms with Crippen molar-refractivity contribution in [1.82, 2.24) is 9.80 Å². The fraction of sp³-hybridized carbons (Fsp3) is 0.471. The number of carbonyl (C=O) groups excluding carboxylic acids is 3. The molecule has 0 saturated carbocycles. The topological polar surface area (TPSA) is 110 Å². The highest BCUT2D eigenvalue weighted by Crippen LogP contribution is 2.40. The van der Waals surface area contributed by atoms with Crippen molar-refractivity contribution in [3.63, 3.8) is 0 Å². The van der Waals surface area contributed by atoms with Gasteiger partial charge in [-0.3, -0.25) is 14.4 Å². The van der Waals surface area contributed by atoms with E-state index in [4.69, 9.17) is 11.5 Å². The van der Waals surface area contributed by atoms with Gasteiger partial charge in [0.15, 0.2) is 17.5 Å². The number of nitrogens with two attached hydrogens (primary N) is 2. The summed E-state index contributed by atoms with van der Waals surface area (Å²) in [4.78, 5) is 39.4. The predicted octanol–water partition coefficient (Wildman–Crippen LogP) is 0.769. The second-order valence-electron chi connectivity index (χ2n) is 6.84. The third-order valence-corrected chi connectivity index (χ3v) is 5.18. The number of hydrogen-bond acceptors (Lipinski definition) is 4. The molecule has 2 fully saturated rings. The SMILES string of the molecule is NC(=O)CN1CCC[C@]2(CCCN2C(=O)c2c(F)c(N)cc(F)c2F)C1=O. The Morgan fingerprint density at radius 2 is 1.74 bits per heavy atom. The quantitative estimate of drug-likeness (QED) is 0.592. The molecule has 3 amide bonds. The molecule has 1 atom stereocenters. The maximum absolute atomic E-state index is 14.3. The molecule has 0 radical (unpaired) electrons. The Balaban J connectivity index is 2.01. The number of hydrogen-bond donors (Lipinski definition) is 2. The van der Waals surface area contributed by atoms with E-state index >= 15 is 0 Å². The minimum Gasteiger partial charge on any atom is -0.396 e. The van der Waals surface area contributed by atoms with Crippen LogP contribution >= 0.6 is 0 Å². The molecule has 2 heterocycles. The molecule has 3 rings (SSSR count). The molecule has 0 unspecified atom stereocenters. The molecule has 0 aliphatic carbocycles. The zero-order valence-electron chi connectivity index (χ0n) is 14.4. The average molecular weight is 384 g/mol. The van der Waals surface area contributed by atoms with Gasteiger partial charge in [-0.2, -0.15) is 0 Å². The van der Waals surface area contributed by atoms with Gasteiger partial charge in [0, 0.05) is 19.2 Å². The van der Waals surface area contributed by atoms with Crippen LogP contribution in [0.15, 0.2) is 6.07 Å². The van der Waals surface area contributed by atoms with Crippen molar-refractivity contribution in [3.05, 3.63) is 29.1 Å². The number of anilines is 1. The summed E-state index contributed by atoms with van der Waals surface area (Å²) in [5.74, 6) is -6.79. The van der Waals surface area contributed by atoms with Crippen LogP contribution in [0, 0.1) is 17.5 Å². The minimum atomic E-state index is -1.65. The van der Waals surface area contributed by atoms with Gasteiger partial charge >= 0.3 is 0 Å². The van der Waals surface area contributed by atoms with Gasteiger partial charge in [0.2, 0.25) is 11.8 Å². The highest BCUT2D eigenvalue weighted by Gasteiger charge is 2.53. The Kier molecular flexibility index (Phi) is 4.75. The van der Waals surface area contributed by atoms with Gasteiger partial charge in [-0.05, 0) is 25.7 Å². The van der Waals surface area contributed by atoms with Crippen molar-refractivity contribution in [2.75, 3.05) is 25.4 Å². The third kappa shape index (κ3) is 2.98. The number of nitrogen functional groups attached to an aromatic ring is 1. The minimum absolute atomic E-state index is 0.0737. The first-order chi connectivity index (χ1) is 12.7. The van der Waals surface area contributed by atoms with Crippen LogP contribution in [-0.2, 0) is 9.59 Å². The van der Waals surface area contributed by atoms with Gasteiger partial charge in [0.1, 0.15) is 11.1 Å². The average Bonchev–Trinajstić information content (AvgIpc) is 3.01. The summed E-state index contributed by atoms with van der Waals surface area (Å²) in [5, 5.41) is 0. The van der Waals surface area contributed by atoms with E-state index in [0.29, 0.717) is 25.5 Å². The van der Waals surface area contributed by atoms with Crippen molar-refractivity contribution in [1.29, 1.82) is 0 Å². The predicted molar refractivity (Wildman–Crippen MR) is 88.7 cm³/mol. The van der Waals surface area contributed by atoms with Crippen LogP contribution in [-0.4, -0.2) is 52.7 Å². The van der Waals surface area contributed by atoms with E-state index in [1.165, 1.54) is 4.90 Å². The Labute approximate surface area is 153 Å². The number of halogens is 3. The lowest BCUT2D eigenvalue weighted by atomic mass is 9.85. The van der Waals surface area contributed by atoms with E-state index in [0.717, 1.165) is 4.90 Å². The Hall–Kier alpha value is -2.78. The van der Waals surface area contributed by atoms with Gasteiger partial charge in [0.25, 0.3) is 5.91 Å². The lowest BCUT2D eigenvalue weighted by Crippen LogP contribution is -2.62. The largest absolute Gasteiger partial charge is 0.396 e. The van der Waals surface area contributed by atoms with Gasteiger partial charge in [-0.15, -0.1) is 0 Å². The molecule has 1 aromatic carbocycles. The fourth-order valence-electron chi connectivity index (χ4n) is 4.01. The summed E-state index contributed by atoms with van der Waals surface area (Å²) in [6.45, 7) is 0.0592.